The lowest BCUT2D eigenvalue weighted by Crippen LogP contribution is -2.36. The Morgan fingerprint density at radius 3 is 1.68 bits per heavy atom. The summed E-state index contributed by atoms with van der Waals surface area (Å²) in [6.07, 6.45) is 0. The van der Waals surface area contributed by atoms with E-state index in [2.05, 4.69) is 32.9 Å². The maximum absolute atomic E-state index is 6.48. The van der Waals surface area contributed by atoms with Gasteiger partial charge in [-0.15, -0.1) is 0 Å². The number of hydrogen-bond donors (Lipinski definition) is 0. The molecule has 0 radical (unpaired) electrons. The van der Waals surface area contributed by atoms with Crippen molar-refractivity contribution < 1.29 is 9.47 Å². The number of rotatable bonds is 2. The van der Waals surface area contributed by atoms with Crippen LogP contribution in [-0.4, -0.2) is 0 Å². The van der Waals surface area contributed by atoms with E-state index in [-0.39, 0.29) is 5.41 Å². The number of benzene rings is 3. The van der Waals surface area contributed by atoms with Crippen LogP contribution in [0.1, 0.15) is 37.5 Å². The van der Waals surface area contributed by atoms with E-state index in [0.717, 1.165) is 22.6 Å². The third-order valence-corrected chi connectivity index (χ3v) is 4.62. The summed E-state index contributed by atoms with van der Waals surface area (Å²) < 4.78 is 12.9. The Kier molecular flexibility index (Phi) is 3.57. The average Bonchev–Trinajstić information content (AvgIpc) is 3.02. The van der Waals surface area contributed by atoms with E-state index in [9.17, 15) is 0 Å². The average molecular weight is 330 g/mol. The summed E-state index contributed by atoms with van der Waals surface area (Å²) in [6.45, 7) is 6.60. The third kappa shape index (κ3) is 2.68. The van der Waals surface area contributed by atoms with Gasteiger partial charge in [-0.05, 0) is 23.1 Å². The summed E-state index contributed by atoms with van der Waals surface area (Å²) in [5.41, 5.74) is 3.25. The normalized spacial score (nSPS) is 15.2. The van der Waals surface area contributed by atoms with Crippen molar-refractivity contribution in [2.24, 2.45) is 0 Å². The fourth-order valence-corrected chi connectivity index (χ4v) is 3.19. The molecule has 0 aromatic heterocycles. The first-order valence-corrected chi connectivity index (χ1v) is 8.63. The Morgan fingerprint density at radius 1 is 0.640 bits per heavy atom. The van der Waals surface area contributed by atoms with Gasteiger partial charge in [0.1, 0.15) is 0 Å². The lowest BCUT2D eigenvalue weighted by molar-refractivity contribution is -0.0459. The van der Waals surface area contributed by atoms with Crippen molar-refractivity contribution in [1.29, 1.82) is 0 Å². The molecule has 1 aliphatic rings. The third-order valence-electron chi connectivity index (χ3n) is 4.62. The number of fused-ring (bicyclic) bond motifs is 1. The van der Waals surface area contributed by atoms with Gasteiger partial charge in [-0.3, -0.25) is 0 Å². The molecule has 0 bridgehead atoms. The van der Waals surface area contributed by atoms with Crippen LogP contribution < -0.4 is 9.47 Å². The Hall–Kier alpha value is -2.74. The van der Waals surface area contributed by atoms with E-state index < -0.39 is 5.79 Å². The highest BCUT2D eigenvalue weighted by molar-refractivity contribution is 5.51. The fourth-order valence-electron chi connectivity index (χ4n) is 3.19. The summed E-state index contributed by atoms with van der Waals surface area (Å²) in [6, 6.07) is 26.5. The minimum absolute atomic E-state index is 0.0587. The monoisotopic (exact) mass is 330 g/mol. The van der Waals surface area contributed by atoms with E-state index in [1.807, 2.05) is 66.7 Å². The van der Waals surface area contributed by atoms with Gasteiger partial charge in [0, 0.05) is 11.1 Å². The van der Waals surface area contributed by atoms with Crippen molar-refractivity contribution in [1.82, 2.24) is 0 Å². The summed E-state index contributed by atoms with van der Waals surface area (Å²) in [5.74, 6) is 0.627. The second kappa shape index (κ2) is 5.66. The van der Waals surface area contributed by atoms with Gasteiger partial charge in [-0.2, -0.15) is 0 Å². The summed E-state index contributed by atoms with van der Waals surface area (Å²) in [4.78, 5) is 0. The molecule has 0 saturated heterocycles. The van der Waals surface area contributed by atoms with Gasteiger partial charge in [0.15, 0.2) is 11.5 Å². The molecule has 0 saturated carbocycles. The highest BCUT2D eigenvalue weighted by Gasteiger charge is 2.45. The standard InChI is InChI=1S/C23H22O2/c1-22(2,3)19-14-15-20-21(16-19)25-23(24-20,17-10-6-4-7-11-17)18-12-8-5-9-13-18/h4-16H,1-3H3. The van der Waals surface area contributed by atoms with Crippen LogP contribution in [0, 0.1) is 0 Å². The summed E-state index contributed by atoms with van der Waals surface area (Å²) >= 11 is 0. The maximum Gasteiger partial charge on any atom is 0.305 e. The fraction of sp³-hybridized carbons (Fsp3) is 0.217. The molecular formula is C23H22O2. The van der Waals surface area contributed by atoms with E-state index in [0.29, 0.717) is 0 Å². The van der Waals surface area contributed by atoms with Crippen molar-refractivity contribution in [2.45, 2.75) is 32.0 Å². The molecule has 2 heteroatoms. The molecule has 25 heavy (non-hydrogen) atoms. The maximum atomic E-state index is 6.48. The van der Waals surface area contributed by atoms with Gasteiger partial charge < -0.3 is 9.47 Å². The SMILES string of the molecule is CC(C)(C)c1ccc2c(c1)OC(c1ccccc1)(c1ccccc1)O2. The molecule has 4 rings (SSSR count). The minimum atomic E-state index is -0.943. The molecule has 0 fully saturated rings. The quantitative estimate of drug-likeness (QED) is 0.604. The molecule has 3 aromatic rings. The Morgan fingerprint density at radius 2 is 1.16 bits per heavy atom. The van der Waals surface area contributed by atoms with Crippen LogP contribution in [0.2, 0.25) is 0 Å². The van der Waals surface area contributed by atoms with Crippen molar-refractivity contribution in [2.75, 3.05) is 0 Å². The van der Waals surface area contributed by atoms with Crippen LogP contribution in [0.15, 0.2) is 78.9 Å². The predicted molar refractivity (Wildman–Crippen MR) is 100 cm³/mol. The zero-order valence-electron chi connectivity index (χ0n) is 14.8. The number of hydrogen-bond acceptors (Lipinski definition) is 2. The summed E-state index contributed by atoms with van der Waals surface area (Å²) in [7, 11) is 0. The second-order valence-corrected chi connectivity index (χ2v) is 7.46. The molecule has 0 amide bonds. The first-order chi connectivity index (χ1) is 12.0. The van der Waals surface area contributed by atoms with Crippen molar-refractivity contribution in [3.8, 4) is 11.5 Å². The topological polar surface area (TPSA) is 18.5 Å². The van der Waals surface area contributed by atoms with Gasteiger partial charge in [0.25, 0.3) is 0 Å². The van der Waals surface area contributed by atoms with Crippen molar-refractivity contribution in [3.63, 3.8) is 0 Å². The Balaban J connectivity index is 1.85. The van der Waals surface area contributed by atoms with Gasteiger partial charge in [-0.1, -0.05) is 87.5 Å². The first kappa shape index (κ1) is 15.8. The molecule has 1 heterocycles. The van der Waals surface area contributed by atoms with Crippen LogP contribution in [0.25, 0.3) is 0 Å². The lowest BCUT2D eigenvalue weighted by atomic mass is 9.87. The molecule has 2 nitrogen and oxygen atoms in total. The molecule has 126 valence electrons. The smallest absolute Gasteiger partial charge is 0.305 e. The van der Waals surface area contributed by atoms with Gasteiger partial charge in [0.2, 0.25) is 0 Å². The van der Waals surface area contributed by atoms with Crippen molar-refractivity contribution in [3.05, 3.63) is 95.6 Å². The molecule has 0 unspecified atom stereocenters. The molecule has 3 aromatic carbocycles. The minimum Gasteiger partial charge on any atom is -0.440 e. The van der Waals surface area contributed by atoms with Gasteiger partial charge in [-0.25, -0.2) is 0 Å². The lowest BCUT2D eigenvalue weighted by Gasteiger charge is -2.28. The first-order valence-electron chi connectivity index (χ1n) is 8.63. The van der Waals surface area contributed by atoms with Crippen LogP contribution in [0.5, 0.6) is 11.5 Å². The Bertz CT molecular complexity index is 837. The molecule has 1 aliphatic heterocycles. The predicted octanol–water partition coefficient (Wildman–Crippen LogP) is 5.66. The summed E-state index contributed by atoms with van der Waals surface area (Å²) in [5, 5.41) is 0. The largest absolute Gasteiger partial charge is 0.440 e. The highest BCUT2D eigenvalue weighted by Crippen LogP contribution is 2.48. The molecular weight excluding hydrogens is 308 g/mol. The second-order valence-electron chi connectivity index (χ2n) is 7.46. The van der Waals surface area contributed by atoms with E-state index >= 15 is 0 Å². The molecule has 0 N–H and O–H groups in total. The van der Waals surface area contributed by atoms with Gasteiger partial charge >= 0.3 is 5.79 Å². The van der Waals surface area contributed by atoms with Gasteiger partial charge in [0.05, 0.1) is 0 Å². The zero-order chi connectivity index (χ0) is 17.5. The van der Waals surface area contributed by atoms with Crippen molar-refractivity contribution >= 4 is 0 Å². The van der Waals surface area contributed by atoms with Crippen LogP contribution in [0.3, 0.4) is 0 Å². The molecule has 0 spiro atoms. The van der Waals surface area contributed by atoms with E-state index in [1.54, 1.807) is 0 Å². The van der Waals surface area contributed by atoms with E-state index in [4.69, 9.17) is 9.47 Å². The van der Waals surface area contributed by atoms with Crippen LogP contribution in [0.4, 0.5) is 0 Å². The van der Waals surface area contributed by atoms with E-state index in [1.165, 1.54) is 5.56 Å². The Labute approximate surface area is 149 Å². The molecule has 0 atom stereocenters. The zero-order valence-corrected chi connectivity index (χ0v) is 14.8. The number of ether oxygens (including phenoxy) is 2. The van der Waals surface area contributed by atoms with Crippen LogP contribution >= 0.6 is 0 Å². The molecule has 0 aliphatic carbocycles. The highest BCUT2D eigenvalue weighted by atomic mass is 16.7. The van der Waals surface area contributed by atoms with Crippen LogP contribution in [-0.2, 0) is 11.2 Å².